The van der Waals surface area contributed by atoms with Crippen LogP contribution in [0.25, 0.3) is 6.08 Å². The van der Waals surface area contributed by atoms with Gasteiger partial charge in [-0.2, -0.15) is 0 Å². The molecular weight excluding hydrogens is 360 g/mol. The van der Waals surface area contributed by atoms with E-state index in [2.05, 4.69) is 10.6 Å². The maximum Gasteiger partial charge on any atom is 0.328 e. The molecule has 0 bridgehead atoms. The van der Waals surface area contributed by atoms with Crippen molar-refractivity contribution in [3.05, 3.63) is 70.3 Å². The third-order valence-corrected chi connectivity index (χ3v) is 3.68. The predicted molar refractivity (Wildman–Crippen MR) is 103 cm³/mol. The van der Waals surface area contributed by atoms with Crippen molar-refractivity contribution in [2.75, 3.05) is 5.32 Å². The molecule has 128 valence electrons. The van der Waals surface area contributed by atoms with Crippen molar-refractivity contribution in [3.63, 3.8) is 0 Å². The summed E-state index contributed by atoms with van der Waals surface area (Å²) in [6.45, 7) is 1.88. The summed E-state index contributed by atoms with van der Waals surface area (Å²) < 4.78 is 0. The highest BCUT2D eigenvalue weighted by Gasteiger charge is 2.12. The van der Waals surface area contributed by atoms with E-state index in [4.69, 9.17) is 28.9 Å². The average molecular weight is 375 g/mol. The number of anilines is 1. The van der Waals surface area contributed by atoms with Gasteiger partial charge in [0.15, 0.2) is 5.11 Å². The SMILES string of the molecule is Cc1ccc(C(=O)NC(=S)Nc2cccc(/C=C/C(=O)O)c2)c(Cl)c1. The molecule has 2 aromatic rings. The minimum absolute atomic E-state index is 0.112. The maximum absolute atomic E-state index is 12.2. The lowest BCUT2D eigenvalue weighted by Gasteiger charge is -2.11. The Labute approximate surface area is 155 Å². The Bertz CT molecular complexity index is 865. The average Bonchev–Trinajstić information content (AvgIpc) is 2.53. The standard InChI is InChI=1S/C18H15ClN2O3S/c1-11-5-7-14(15(19)9-11)17(24)21-18(25)20-13-4-2-3-12(10-13)6-8-16(22)23/h2-10H,1H3,(H,22,23)(H2,20,21,24,25)/b8-6+. The Morgan fingerprint density at radius 1 is 1.20 bits per heavy atom. The molecule has 0 spiro atoms. The van der Waals surface area contributed by atoms with Gasteiger partial charge in [0, 0.05) is 11.8 Å². The van der Waals surface area contributed by atoms with Gasteiger partial charge in [-0.3, -0.25) is 10.1 Å². The second-order valence-electron chi connectivity index (χ2n) is 5.19. The number of rotatable bonds is 4. The van der Waals surface area contributed by atoms with Gasteiger partial charge in [-0.15, -0.1) is 0 Å². The third-order valence-electron chi connectivity index (χ3n) is 3.16. The van der Waals surface area contributed by atoms with Crippen molar-refractivity contribution in [1.82, 2.24) is 5.32 Å². The fourth-order valence-corrected chi connectivity index (χ4v) is 2.56. The summed E-state index contributed by atoms with van der Waals surface area (Å²) in [6.07, 6.45) is 2.50. The Morgan fingerprint density at radius 3 is 2.64 bits per heavy atom. The first kappa shape index (κ1) is 18.6. The van der Waals surface area contributed by atoms with Crippen molar-refractivity contribution >= 4 is 52.6 Å². The molecule has 0 radical (unpaired) electrons. The number of carbonyl (C=O) groups is 2. The van der Waals surface area contributed by atoms with Crippen molar-refractivity contribution < 1.29 is 14.7 Å². The van der Waals surface area contributed by atoms with Crippen molar-refractivity contribution in [1.29, 1.82) is 0 Å². The number of carbonyl (C=O) groups excluding carboxylic acids is 1. The van der Waals surface area contributed by atoms with E-state index in [0.717, 1.165) is 11.6 Å². The van der Waals surface area contributed by atoms with E-state index in [9.17, 15) is 9.59 Å². The first-order chi connectivity index (χ1) is 11.8. The number of carboxylic acids is 1. The lowest BCUT2D eigenvalue weighted by Crippen LogP contribution is -2.34. The Hall–Kier alpha value is -2.70. The molecule has 0 fully saturated rings. The molecule has 0 aliphatic carbocycles. The summed E-state index contributed by atoms with van der Waals surface area (Å²) >= 11 is 11.2. The number of aryl methyl sites for hydroxylation is 1. The number of hydrogen-bond acceptors (Lipinski definition) is 3. The topological polar surface area (TPSA) is 78.4 Å². The van der Waals surface area contributed by atoms with Gasteiger partial charge in [-0.25, -0.2) is 4.79 Å². The van der Waals surface area contributed by atoms with Crippen LogP contribution in [-0.4, -0.2) is 22.1 Å². The number of carboxylic acid groups (broad SMARTS) is 1. The van der Waals surface area contributed by atoms with Crippen LogP contribution in [0, 0.1) is 6.92 Å². The molecule has 25 heavy (non-hydrogen) atoms. The van der Waals surface area contributed by atoms with Crippen molar-refractivity contribution in [2.45, 2.75) is 6.92 Å². The first-order valence-electron chi connectivity index (χ1n) is 7.25. The van der Waals surface area contributed by atoms with E-state index >= 15 is 0 Å². The van der Waals surface area contributed by atoms with Gasteiger partial charge in [0.25, 0.3) is 5.91 Å². The Balaban J connectivity index is 2.03. The molecule has 0 aliphatic rings. The molecule has 0 aliphatic heterocycles. The molecule has 0 aromatic heterocycles. The van der Waals surface area contributed by atoms with E-state index in [0.29, 0.717) is 21.8 Å². The van der Waals surface area contributed by atoms with E-state index in [1.54, 1.807) is 42.5 Å². The summed E-state index contributed by atoms with van der Waals surface area (Å²) in [5.41, 5.74) is 2.58. The number of benzene rings is 2. The zero-order valence-electron chi connectivity index (χ0n) is 13.2. The minimum Gasteiger partial charge on any atom is -0.478 e. The lowest BCUT2D eigenvalue weighted by atomic mass is 10.1. The van der Waals surface area contributed by atoms with Crippen LogP contribution < -0.4 is 10.6 Å². The summed E-state index contributed by atoms with van der Waals surface area (Å²) in [5, 5.41) is 14.6. The number of hydrogen-bond donors (Lipinski definition) is 3. The number of nitrogens with one attached hydrogen (secondary N) is 2. The molecule has 0 atom stereocenters. The summed E-state index contributed by atoms with van der Waals surface area (Å²) in [6, 6.07) is 12.1. The number of amides is 1. The molecule has 2 rings (SSSR count). The fourth-order valence-electron chi connectivity index (χ4n) is 2.02. The molecule has 0 heterocycles. The van der Waals surface area contributed by atoms with Gasteiger partial charge in [0.1, 0.15) is 0 Å². The molecule has 0 saturated carbocycles. The molecule has 0 unspecified atom stereocenters. The second kappa shape index (κ2) is 8.41. The molecule has 3 N–H and O–H groups in total. The smallest absolute Gasteiger partial charge is 0.328 e. The van der Waals surface area contributed by atoms with E-state index in [1.165, 1.54) is 6.08 Å². The molecule has 0 saturated heterocycles. The van der Waals surface area contributed by atoms with Crippen LogP contribution in [0.5, 0.6) is 0 Å². The van der Waals surface area contributed by atoms with Crippen LogP contribution in [0.4, 0.5) is 5.69 Å². The normalized spacial score (nSPS) is 10.5. The van der Waals surface area contributed by atoms with Gasteiger partial charge < -0.3 is 10.4 Å². The minimum atomic E-state index is -1.03. The lowest BCUT2D eigenvalue weighted by molar-refractivity contribution is -0.131. The summed E-state index contributed by atoms with van der Waals surface area (Å²) in [7, 11) is 0. The van der Waals surface area contributed by atoms with E-state index in [-0.39, 0.29) is 5.11 Å². The monoisotopic (exact) mass is 374 g/mol. The zero-order valence-corrected chi connectivity index (χ0v) is 14.8. The van der Waals surface area contributed by atoms with Crippen LogP contribution in [0.1, 0.15) is 21.5 Å². The number of halogens is 1. The summed E-state index contributed by atoms with van der Waals surface area (Å²) in [4.78, 5) is 22.8. The highest BCUT2D eigenvalue weighted by molar-refractivity contribution is 7.80. The molecular formula is C18H15ClN2O3S. The molecule has 1 amide bonds. The largest absolute Gasteiger partial charge is 0.478 e. The highest BCUT2D eigenvalue weighted by Crippen LogP contribution is 2.17. The number of thiocarbonyl (C=S) groups is 1. The first-order valence-corrected chi connectivity index (χ1v) is 8.03. The van der Waals surface area contributed by atoms with Gasteiger partial charge >= 0.3 is 5.97 Å². The van der Waals surface area contributed by atoms with Gasteiger partial charge in [-0.1, -0.05) is 29.8 Å². The quantitative estimate of drug-likeness (QED) is 0.559. The van der Waals surface area contributed by atoms with Crippen molar-refractivity contribution in [3.8, 4) is 0 Å². The van der Waals surface area contributed by atoms with Crippen molar-refractivity contribution in [2.24, 2.45) is 0 Å². The third kappa shape index (κ3) is 5.70. The van der Waals surface area contributed by atoms with Crippen LogP contribution in [0.2, 0.25) is 5.02 Å². The van der Waals surface area contributed by atoms with Crippen LogP contribution in [0.3, 0.4) is 0 Å². The molecule has 2 aromatic carbocycles. The van der Waals surface area contributed by atoms with Crippen LogP contribution in [0.15, 0.2) is 48.5 Å². The van der Waals surface area contributed by atoms with Crippen LogP contribution in [-0.2, 0) is 4.79 Å². The fraction of sp³-hybridized carbons (Fsp3) is 0.0556. The van der Waals surface area contributed by atoms with E-state index < -0.39 is 11.9 Å². The Kier molecular flexibility index (Phi) is 6.27. The maximum atomic E-state index is 12.2. The zero-order chi connectivity index (χ0) is 18.4. The molecule has 5 nitrogen and oxygen atoms in total. The summed E-state index contributed by atoms with van der Waals surface area (Å²) in [5.74, 6) is -1.44. The van der Waals surface area contributed by atoms with Gasteiger partial charge in [0.05, 0.1) is 10.6 Å². The second-order valence-corrected chi connectivity index (χ2v) is 6.00. The van der Waals surface area contributed by atoms with Gasteiger partial charge in [-0.05, 0) is 60.6 Å². The van der Waals surface area contributed by atoms with E-state index in [1.807, 2.05) is 6.92 Å². The van der Waals surface area contributed by atoms with Gasteiger partial charge in [0.2, 0.25) is 0 Å². The predicted octanol–water partition coefficient (Wildman–Crippen LogP) is 3.87. The Morgan fingerprint density at radius 2 is 1.96 bits per heavy atom. The number of aliphatic carboxylic acids is 1. The highest BCUT2D eigenvalue weighted by atomic mass is 35.5. The van der Waals surface area contributed by atoms with Crippen LogP contribution >= 0.6 is 23.8 Å². The molecule has 7 heteroatoms.